The number of carbonyl (C=O) groups is 1. The molecule has 0 heterocycles. The molecule has 0 aromatic carbocycles. The maximum Gasteiger partial charge on any atom is 0.221 e. The van der Waals surface area contributed by atoms with E-state index in [2.05, 4.69) is 22.5 Å². The Kier molecular flexibility index (Phi) is 5.65. The van der Waals surface area contributed by atoms with Gasteiger partial charge >= 0.3 is 0 Å². The van der Waals surface area contributed by atoms with Crippen molar-refractivity contribution < 1.29 is 4.79 Å². The highest BCUT2D eigenvalue weighted by molar-refractivity contribution is 5.76. The number of likely N-dealkylation sites (N-methyl/N-ethyl adjacent to an activating group) is 1. The van der Waals surface area contributed by atoms with Crippen LogP contribution in [-0.4, -0.2) is 50.1 Å². The minimum Gasteiger partial charge on any atom is -0.355 e. The summed E-state index contributed by atoms with van der Waals surface area (Å²) in [6.07, 6.45) is 3.25. The minimum atomic E-state index is 0.149. The van der Waals surface area contributed by atoms with Crippen LogP contribution < -0.4 is 10.6 Å². The molecule has 2 N–H and O–H groups in total. The van der Waals surface area contributed by atoms with Crippen molar-refractivity contribution in [2.24, 2.45) is 0 Å². The van der Waals surface area contributed by atoms with Gasteiger partial charge < -0.3 is 10.6 Å². The molecule has 1 amide bonds. The van der Waals surface area contributed by atoms with Gasteiger partial charge in [-0.15, -0.1) is 0 Å². The molecular weight excluding hydrogens is 190 g/mol. The Morgan fingerprint density at radius 1 is 1.40 bits per heavy atom. The summed E-state index contributed by atoms with van der Waals surface area (Å²) in [6, 6.07) is 0.796. The molecule has 88 valence electrons. The second kappa shape index (κ2) is 6.80. The van der Waals surface area contributed by atoms with Crippen LogP contribution in [0.2, 0.25) is 0 Å². The van der Waals surface area contributed by atoms with Gasteiger partial charge in [0.25, 0.3) is 0 Å². The van der Waals surface area contributed by atoms with E-state index in [-0.39, 0.29) is 5.91 Å². The first kappa shape index (κ1) is 12.5. The van der Waals surface area contributed by atoms with Crippen LogP contribution in [0.5, 0.6) is 0 Å². The van der Waals surface area contributed by atoms with Crippen molar-refractivity contribution in [3.05, 3.63) is 0 Å². The summed E-state index contributed by atoms with van der Waals surface area (Å²) >= 11 is 0. The maximum absolute atomic E-state index is 11.3. The van der Waals surface area contributed by atoms with E-state index < -0.39 is 0 Å². The van der Waals surface area contributed by atoms with E-state index in [1.165, 1.54) is 12.8 Å². The predicted molar refractivity (Wildman–Crippen MR) is 61.8 cm³/mol. The Bertz CT molecular complexity index is 192. The third-order valence-electron chi connectivity index (χ3n) is 2.79. The molecule has 0 atom stereocenters. The molecule has 0 radical (unpaired) electrons. The quantitative estimate of drug-likeness (QED) is 0.605. The van der Waals surface area contributed by atoms with Crippen LogP contribution in [0.1, 0.15) is 26.2 Å². The van der Waals surface area contributed by atoms with Crippen LogP contribution in [0, 0.1) is 0 Å². The average molecular weight is 213 g/mol. The molecule has 0 aromatic heterocycles. The molecule has 1 aliphatic rings. The lowest BCUT2D eigenvalue weighted by Crippen LogP contribution is -2.36. The Hall–Kier alpha value is -0.610. The summed E-state index contributed by atoms with van der Waals surface area (Å²) in [5.74, 6) is 0.149. The van der Waals surface area contributed by atoms with Gasteiger partial charge in [0.15, 0.2) is 0 Å². The van der Waals surface area contributed by atoms with Crippen molar-refractivity contribution in [2.45, 2.75) is 32.2 Å². The fraction of sp³-hybridized carbons (Fsp3) is 0.909. The Morgan fingerprint density at radius 3 is 2.67 bits per heavy atom. The van der Waals surface area contributed by atoms with E-state index in [1.54, 1.807) is 0 Å². The van der Waals surface area contributed by atoms with Crippen LogP contribution in [0.15, 0.2) is 0 Å². The number of carbonyl (C=O) groups excluding carboxylic acids is 1. The fourth-order valence-electron chi connectivity index (χ4n) is 1.70. The fourth-order valence-corrected chi connectivity index (χ4v) is 1.70. The van der Waals surface area contributed by atoms with Crippen molar-refractivity contribution >= 4 is 5.91 Å². The highest BCUT2D eigenvalue weighted by Crippen LogP contribution is 2.25. The van der Waals surface area contributed by atoms with Crippen molar-refractivity contribution in [3.63, 3.8) is 0 Å². The molecule has 15 heavy (non-hydrogen) atoms. The zero-order chi connectivity index (χ0) is 11.1. The van der Waals surface area contributed by atoms with Gasteiger partial charge in [0, 0.05) is 32.1 Å². The highest BCUT2D eigenvalue weighted by atomic mass is 16.1. The zero-order valence-corrected chi connectivity index (χ0v) is 9.88. The average Bonchev–Trinajstić information content (AvgIpc) is 3.05. The number of rotatable bonds is 8. The summed E-state index contributed by atoms with van der Waals surface area (Å²) in [7, 11) is 1.86. The lowest BCUT2D eigenvalue weighted by molar-refractivity contribution is -0.121. The third-order valence-corrected chi connectivity index (χ3v) is 2.79. The predicted octanol–water partition coefficient (Wildman–Crippen LogP) is 0.196. The molecule has 1 aliphatic carbocycles. The second-order valence-electron chi connectivity index (χ2n) is 4.06. The molecule has 1 rings (SSSR count). The molecule has 0 saturated heterocycles. The van der Waals surface area contributed by atoms with Crippen LogP contribution in [-0.2, 0) is 4.79 Å². The summed E-state index contributed by atoms with van der Waals surface area (Å²) < 4.78 is 0. The molecular formula is C11H23N3O. The molecule has 4 heteroatoms. The zero-order valence-electron chi connectivity index (χ0n) is 9.88. The van der Waals surface area contributed by atoms with Gasteiger partial charge in [-0.3, -0.25) is 9.69 Å². The van der Waals surface area contributed by atoms with Crippen molar-refractivity contribution in [2.75, 3.05) is 33.2 Å². The highest BCUT2D eigenvalue weighted by Gasteiger charge is 2.27. The largest absolute Gasteiger partial charge is 0.355 e. The second-order valence-corrected chi connectivity index (χ2v) is 4.06. The van der Waals surface area contributed by atoms with Crippen LogP contribution in [0.3, 0.4) is 0 Å². The summed E-state index contributed by atoms with van der Waals surface area (Å²) in [4.78, 5) is 13.7. The minimum absolute atomic E-state index is 0.149. The van der Waals surface area contributed by atoms with E-state index in [0.29, 0.717) is 6.42 Å². The van der Waals surface area contributed by atoms with E-state index in [0.717, 1.165) is 32.2 Å². The van der Waals surface area contributed by atoms with E-state index in [1.807, 2.05) is 7.05 Å². The number of hydrogen-bond acceptors (Lipinski definition) is 3. The van der Waals surface area contributed by atoms with Gasteiger partial charge in [-0.1, -0.05) is 6.92 Å². The normalized spacial score (nSPS) is 15.7. The van der Waals surface area contributed by atoms with Crippen LogP contribution >= 0.6 is 0 Å². The van der Waals surface area contributed by atoms with E-state index >= 15 is 0 Å². The molecule has 1 fully saturated rings. The standard InChI is InChI=1S/C11H23N3O/c1-3-14(10-4-5-10)9-8-13-11(15)6-7-12-2/h10,12H,3-9H2,1-2H3,(H,13,15). The molecule has 0 aromatic rings. The molecule has 4 nitrogen and oxygen atoms in total. The third kappa shape index (κ3) is 5.14. The Morgan fingerprint density at radius 2 is 2.13 bits per heavy atom. The molecule has 1 saturated carbocycles. The molecule has 0 spiro atoms. The number of nitrogens with zero attached hydrogens (tertiary/aromatic N) is 1. The summed E-state index contributed by atoms with van der Waals surface area (Å²) in [5.41, 5.74) is 0. The first-order valence-corrected chi connectivity index (χ1v) is 5.93. The van der Waals surface area contributed by atoms with Gasteiger partial charge in [-0.05, 0) is 26.4 Å². The smallest absolute Gasteiger partial charge is 0.221 e. The number of amides is 1. The van der Waals surface area contributed by atoms with Crippen LogP contribution in [0.25, 0.3) is 0 Å². The summed E-state index contributed by atoms with van der Waals surface area (Å²) in [5, 5.41) is 5.91. The SMILES string of the molecule is CCN(CCNC(=O)CCNC)C1CC1. The molecule has 0 unspecified atom stereocenters. The van der Waals surface area contributed by atoms with Gasteiger partial charge in [0.2, 0.25) is 5.91 Å². The number of hydrogen-bond donors (Lipinski definition) is 2. The van der Waals surface area contributed by atoms with Crippen molar-refractivity contribution in [1.29, 1.82) is 0 Å². The van der Waals surface area contributed by atoms with Gasteiger partial charge in [0.1, 0.15) is 0 Å². The number of nitrogens with one attached hydrogen (secondary N) is 2. The lowest BCUT2D eigenvalue weighted by Gasteiger charge is -2.19. The van der Waals surface area contributed by atoms with Gasteiger partial charge in [0.05, 0.1) is 0 Å². The summed E-state index contributed by atoms with van der Waals surface area (Å²) in [6.45, 7) is 5.81. The van der Waals surface area contributed by atoms with E-state index in [4.69, 9.17) is 0 Å². The van der Waals surface area contributed by atoms with Crippen molar-refractivity contribution in [1.82, 2.24) is 15.5 Å². The molecule has 0 aliphatic heterocycles. The van der Waals surface area contributed by atoms with Gasteiger partial charge in [-0.2, -0.15) is 0 Å². The Balaban J connectivity index is 2.01. The molecule has 0 bridgehead atoms. The van der Waals surface area contributed by atoms with Crippen LogP contribution in [0.4, 0.5) is 0 Å². The maximum atomic E-state index is 11.3. The van der Waals surface area contributed by atoms with Crippen molar-refractivity contribution in [3.8, 4) is 0 Å². The first-order valence-electron chi connectivity index (χ1n) is 5.93. The van der Waals surface area contributed by atoms with Gasteiger partial charge in [-0.25, -0.2) is 0 Å². The van der Waals surface area contributed by atoms with E-state index in [9.17, 15) is 4.79 Å². The first-order chi connectivity index (χ1) is 7.27. The lowest BCUT2D eigenvalue weighted by atomic mass is 10.4. The topological polar surface area (TPSA) is 44.4 Å². The monoisotopic (exact) mass is 213 g/mol. The Labute approximate surface area is 92.4 Å².